The molecular weight excluding hydrogens is 282 g/mol. The summed E-state index contributed by atoms with van der Waals surface area (Å²) in [7, 11) is -3.02. The average molecular weight is 305 g/mol. The summed E-state index contributed by atoms with van der Waals surface area (Å²) >= 11 is 0. The lowest BCUT2D eigenvalue weighted by atomic mass is 9.95. The fourth-order valence-corrected chi connectivity index (χ4v) is 3.38. The Morgan fingerprint density at radius 2 is 1.85 bits per heavy atom. The van der Waals surface area contributed by atoms with E-state index in [4.69, 9.17) is 5.11 Å². The van der Waals surface area contributed by atoms with E-state index in [1.54, 1.807) is 0 Å². The second-order valence-corrected chi connectivity index (χ2v) is 7.83. The van der Waals surface area contributed by atoms with Crippen LogP contribution in [0.25, 0.3) is 0 Å². The highest BCUT2D eigenvalue weighted by molar-refractivity contribution is 7.90. The Morgan fingerprint density at radius 1 is 1.25 bits per heavy atom. The maximum atomic E-state index is 12.0. The van der Waals surface area contributed by atoms with Crippen LogP contribution in [0.2, 0.25) is 0 Å². The normalized spacial score (nSPS) is 26.4. The molecule has 0 bridgehead atoms. The van der Waals surface area contributed by atoms with Crippen LogP contribution in [-0.2, 0) is 19.4 Å². The van der Waals surface area contributed by atoms with Crippen molar-refractivity contribution < 1.29 is 23.1 Å². The van der Waals surface area contributed by atoms with Gasteiger partial charge in [0, 0.05) is 12.8 Å². The highest BCUT2D eigenvalue weighted by atomic mass is 32.2. The van der Waals surface area contributed by atoms with Crippen LogP contribution in [0.15, 0.2) is 0 Å². The third-order valence-electron chi connectivity index (χ3n) is 3.88. The molecule has 0 saturated heterocycles. The molecule has 1 rings (SSSR count). The van der Waals surface area contributed by atoms with E-state index in [2.05, 4.69) is 5.32 Å². The number of hydrogen-bond donors (Lipinski definition) is 2. The molecule has 1 aliphatic carbocycles. The minimum Gasteiger partial charge on any atom is -0.481 e. The van der Waals surface area contributed by atoms with Crippen LogP contribution in [-0.4, -0.2) is 44.0 Å². The van der Waals surface area contributed by atoms with Crippen molar-refractivity contribution in [3.05, 3.63) is 0 Å². The van der Waals surface area contributed by atoms with Crippen molar-refractivity contribution >= 4 is 21.7 Å². The molecule has 1 amide bonds. The Labute approximate surface area is 119 Å². The minimum absolute atomic E-state index is 0.0257. The maximum absolute atomic E-state index is 12.0. The van der Waals surface area contributed by atoms with Crippen LogP contribution in [0.3, 0.4) is 0 Å². The Balaban J connectivity index is 2.47. The maximum Gasteiger partial charge on any atom is 0.307 e. The topological polar surface area (TPSA) is 101 Å². The van der Waals surface area contributed by atoms with Crippen molar-refractivity contribution in [1.82, 2.24) is 5.32 Å². The van der Waals surface area contributed by atoms with Gasteiger partial charge in [-0.25, -0.2) is 8.42 Å². The summed E-state index contributed by atoms with van der Waals surface area (Å²) in [5.41, 5.74) is 0. The molecule has 1 saturated carbocycles. The Kier molecular flexibility index (Phi) is 5.98. The summed E-state index contributed by atoms with van der Waals surface area (Å²) in [6, 6.07) is 0. The zero-order valence-corrected chi connectivity index (χ0v) is 12.8. The van der Waals surface area contributed by atoms with Crippen LogP contribution in [0.1, 0.15) is 32.6 Å². The van der Waals surface area contributed by atoms with E-state index in [1.165, 1.54) is 0 Å². The molecule has 0 aromatic rings. The fourth-order valence-electron chi connectivity index (χ4n) is 2.72. The van der Waals surface area contributed by atoms with Crippen LogP contribution < -0.4 is 5.32 Å². The molecule has 7 heteroatoms. The Bertz CT molecular complexity index is 459. The van der Waals surface area contributed by atoms with Crippen LogP contribution in [0.4, 0.5) is 0 Å². The van der Waals surface area contributed by atoms with E-state index in [1.807, 2.05) is 6.92 Å². The lowest BCUT2D eigenvalue weighted by Gasteiger charge is -2.15. The predicted molar refractivity (Wildman–Crippen MR) is 75.0 cm³/mol. The molecule has 0 spiro atoms. The van der Waals surface area contributed by atoms with Gasteiger partial charge >= 0.3 is 5.97 Å². The SMILES string of the molecule is CCC1C[C@H](C(=O)NCCCS(C)(=O)=O)[C@H](C(=O)O)C1. The van der Waals surface area contributed by atoms with Crippen molar-refractivity contribution in [1.29, 1.82) is 0 Å². The van der Waals surface area contributed by atoms with Gasteiger partial charge in [-0.2, -0.15) is 0 Å². The molecule has 1 fully saturated rings. The second-order valence-electron chi connectivity index (χ2n) is 5.57. The quantitative estimate of drug-likeness (QED) is 0.673. The predicted octanol–water partition coefficient (Wildman–Crippen LogP) is 0.674. The van der Waals surface area contributed by atoms with Gasteiger partial charge < -0.3 is 10.4 Å². The Morgan fingerprint density at radius 3 is 2.35 bits per heavy atom. The first-order chi connectivity index (χ1) is 9.24. The van der Waals surface area contributed by atoms with E-state index in [0.717, 1.165) is 12.7 Å². The lowest BCUT2D eigenvalue weighted by molar-refractivity contribution is -0.146. The van der Waals surface area contributed by atoms with Crippen LogP contribution in [0, 0.1) is 17.8 Å². The highest BCUT2D eigenvalue weighted by Crippen LogP contribution is 2.38. The van der Waals surface area contributed by atoms with Gasteiger partial charge in [-0.3, -0.25) is 9.59 Å². The molecule has 20 heavy (non-hydrogen) atoms. The Hall–Kier alpha value is -1.11. The van der Waals surface area contributed by atoms with Crippen LogP contribution >= 0.6 is 0 Å². The number of carboxylic acid groups (broad SMARTS) is 1. The first kappa shape index (κ1) is 16.9. The molecule has 1 aliphatic rings. The molecule has 0 aromatic heterocycles. The zero-order chi connectivity index (χ0) is 15.3. The van der Waals surface area contributed by atoms with E-state index < -0.39 is 27.6 Å². The number of hydrogen-bond acceptors (Lipinski definition) is 4. The smallest absolute Gasteiger partial charge is 0.307 e. The number of carboxylic acids is 1. The number of carbonyl (C=O) groups is 2. The van der Waals surface area contributed by atoms with Gasteiger partial charge in [0.15, 0.2) is 0 Å². The zero-order valence-electron chi connectivity index (χ0n) is 12.0. The minimum atomic E-state index is -3.02. The third-order valence-corrected chi connectivity index (χ3v) is 4.91. The third kappa shape index (κ3) is 5.11. The largest absolute Gasteiger partial charge is 0.481 e. The van der Waals surface area contributed by atoms with Gasteiger partial charge in [0.1, 0.15) is 9.84 Å². The second kappa shape index (κ2) is 7.06. The molecule has 0 aromatic carbocycles. The van der Waals surface area contributed by atoms with Crippen LogP contribution in [0.5, 0.6) is 0 Å². The average Bonchev–Trinajstić information content (AvgIpc) is 2.77. The molecule has 3 atom stereocenters. The fraction of sp³-hybridized carbons (Fsp3) is 0.846. The molecule has 6 nitrogen and oxygen atoms in total. The summed E-state index contributed by atoms with van der Waals surface area (Å²) in [6.45, 7) is 2.27. The molecular formula is C13H23NO5S. The van der Waals surface area contributed by atoms with E-state index >= 15 is 0 Å². The summed E-state index contributed by atoms with van der Waals surface area (Å²) < 4.78 is 21.9. The number of sulfone groups is 1. The molecule has 0 heterocycles. The number of nitrogens with one attached hydrogen (secondary N) is 1. The van der Waals surface area contributed by atoms with Gasteiger partial charge in [-0.1, -0.05) is 13.3 Å². The first-order valence-electron chi connectivity index (χ1n) is 6.92. The number of amides is 1. The van der Waals surface area contributed by atoms with E-state index in [9.17, 15) is 18.0 Å². The summed E-state index contributed by atoms with van der Waals surface area (Å²) in [5, 5.41) is 11.8. The van der Waals surface area contributed by atoms with Gasteiger partial charge in [-0.05, 0) is 25.2 Å². The van der Waals surface area contributed by atoms with E-state index in [0.29, 0.717) is 19.3 Å². The van der Waals surface area contributed by atoms with Gasteiger partial charge in [-0.15, -0.1) is 0 Å². The summed E-state index contributed by atoms with van der Waals surface area (Å²) in [6.07, 6.45) is 3.53. The number of aliphatic carboxylic acids is 1. The van der Waals surface area contributed by atoms with Gasteiger partial charge in [0.05, 0.1) is 17.6 Å². The summed E-state index contributed by atoms with van der Waals surface area (Å²) in [4.78, 5) is 23.2. The van der Waals surface area contributed by atoms with Gasteiger partial charge in [0.25, 0.3) is 0 Å². The van der Waals surface area contributed by atoms with Crippen molar-refractivity contribution in [3.8, 4) is 0 Å². The van der Waals surface area contributed by atoms with Crippen molar-refractivity contribution in [2.45, 2.75) is 32.6 Å². The first-order valence-corrected chi connectivity index (χ1v) is 8.99. The molecule has 0 radical (unpaired) electrons. The monoisotopic (exact) mass is 305 g/mol. The highest BCUT2D eigenvalue weighted by Gasteiger charge is 2.41. The van der Waals surface area contributed by atoms with Crippen molar-refractivity contribution in [2.24, 2.45) is 17.8 Å². The standard InChI is InChI=1S/C13H23NO5S/c1-3-9-7-10(11(8-9)13(16)17)12(15)14-5-4-6-20(2,18)19/h9-11H,3-8H2,1-2H3,(H,14,15)(H,16,17)/t9?,10-,11+/m0/s1. The van der Waals surface area contributed by atoms with Crippen molar-refractivity contribution in [2.75, 3.05) is 18.6 Å². The summed E-state index contributed by atoms with van der Waals surface area (Å²) in [5.74, 6) is -1.98. The molecule has 2 N–H and O–H groups in total. The van der Waals surface area contributed by atoms with E-state index in [-0.39, 0.29) is 24.1 Å². The number of rotatable bonds is 7. The molecule has 116 valence electrons. The number of carbonyl (C=O) groups excluding carboxylic acids is 1. The molecule has 1 unspecified atom stereocenters. The van der Waals surface area contributed by atoms with Gasteiger partial charge in [0.2, 0.25) is 5.91 Å². The molecule has 0 aliphatic heterocycles. The lowest BCUT2D eigenvalue weighted by Crippen LogP contribution is -2.36. The van der Waals surface area contributed by atoms with Crippen molar-refractivity contribution in [3.63, 3.8) is 0 Å².